The number of amides is 2. The van der Waals surface area contributed by atoms with E-state index in [2.05, 4.69) is 12.2 Å². The van der Waals surface area contributed by atoms with Gasteiger partial charge in [-0.1, -0.05) is 91.4 Å². The standard InChI is InChI=1S/C26H48N2O4/c1-5-7-8-9-10-11-12-13-14-15-16-19-23(29)27-24(21(3)6-2)25(30)28-20-17-18-22(28)26(31)32-4/h21-22,24H,5-20H2,1-4H3,(H,27,29)/t21-,22+,24+/m1/s1. The molecule has 0 radical (unpaired) electrons. The summed E-state index contributed by atoms with van der Waals surface area (Å²) in [6.07, 6.45) is 16.3. The highest BCUT2D eigenvalue weighted by Crippen LogP contribution is 2.22. The van der Waals surface area contributed by atoms with Crippen molar-refractivity contribution in [3.63, 3.8) is 0 Å². The normalized spacial score (nSPS) is 17.8. The number of unbranched alkanes of at least 4 members (excludes halogenated alkanes) is 10. The number of esters is 1. The number of ether oxygens (including phenoxy) is 1. The molecule has 0 aliphatic carbocycles. The van der Waals surface area contributed by atoms with Crippen LogP contribution in [0.3, 0.4) is 0 Å². The molecule has 1 heterocycles. The van der Waals surface area contributed by atoms with Gasteiger partial charge in [-0.05, 0) is 25.2 Å². The molecule has 186 valence electrons. The Morgan fingerprint density at radius 2 is 1.50 bits per heavy atom. The molecule has 1 fully saturated rings. The second kappa shape index (κ2) is 17.0. The molecule has 0 aromatic carbocycles. The Morgan fingerprint density at radius 3 is 2.03 bits per heavy atom. The number of likely N-dealkylation sites (tertiary alicyclic amines) is 1. The van der Waals surface area contributed by atoms with Crippen molar-refractivity contribution >= 4 is 17.8 Å². The number of nitrogens with zero attached hydrogens (tertiary/aromatic N) is 1. The van der Waals surface area contributed by atoms with Crippen molar-refractivity contribution in [2.45, 2.75) is 129 Å². The van der Waals surface area contributed by atoms with Crippen molar-refractivity contribution in [3.8, 4) is 0 Å². The summed E-state index contributed by atoms with van der Waals surface area (Å²) in [6, 6.07) is -1.10. The topological polar surface area (TPSA) is 75.7 Å². The van der Waals surface area contributed by atoms with Crippen molar-refractivity contribution in [3.05, 3.63) is 0 Å². The van der Waals surface area contributed by atoms with E-state index in [9.17, 15) is 14.4 Å². The zero-order valence-electron chi connectivity index (χ0n) is 21.1. The molecule has 1 saturated heterocycles. The summed E-state index contributed by atoms with van der Waals surface area (Å²) in [5.41, 5.74) is 0. The van der Waals surface area contributed by atoms with Crippen LogP contribution in [-0.4, -0.2) is 48.4 Å². The molecule has 3 atom stereocenters. The Labute approximate surface area is 196 Å². The van der Waals surface area contributed by atoms with Crippen molar-refractivity contribution in [1.29, 1.82) is 0 Å². The molecular weight excluding hydrogens is 404 g/mol. The van der Waals surface area contributed by atoms with Crippen LogP contribution in [-0.2, 0) is 19.1 Å². The molecule has 6 heteroatoms. The minimum absolute atomic E-state index is 0.0164. The zero-order chi connectivity index (χ0) is 23.8. The van der Waals surface area contributed by atoms with Gasteiger partial charge in [0.05, 0.1) is 7.11 Å². The number of methoxy groups -OCH3 is 1. The van der Waals surface area contributed by atoms with Crippen LogP contribution in [0, 0.1) is 5.92 Å². The summed E-state index contributed by atoms with van der Waals surface area (Å²) in [5.74, 6) is -0.568. The van der Waals surface area contributed by atoms with E-state index in [1.54, 1.807) is 4.90 Å². The van der Waals surface area contributed by atoms with E-state index in [4.69, 9.17) is 4.74 Å². The molecule has 0 spiro atoms. The summed E-state index contributed by atoms with van der Waals surface area (Å²) >= 11 is 0. The first-order chi connectivity index (χ1) is 15.5. The maximum absolute atomic E-state index is 13.2. The van der Waals surface area contributed by atoms with Gasteiger partial charge in [0, 0.05) is 13.0 Å². The lowest BCUT2D eigenvalue weighted by molar-refractivity contribution is -0.152. The highest BCUT2D eigenvalue weighted by molar-refractivity contribution is 5.91. The highest BCUT2D eigenvalue weighted by atomic mass is 16.5. The number of carbonyl (C=O) groups is 3. The van der Waals surface area contributed by atoms with Crippen LogP contribution < -0.4 is 5.32 Å². The van der Waals surface area contributed by atoms with Crippen LogP contribution in [0.25, 0.3) is 0 Å². The first kappa shape index (κ1) is 28.4. The van der Waals surface area contributed by atoms with Crippen molar-refractivity contribution in [2.24, 2.45) is 5.92 Å². The SMILES string of the molecule is CCCCCCCCCCCCCC(=O)N[C@H](C(=O)N1CCC[C@H]1C(=O)OC)[C@H](C)CC. The van der Waals surface area contributed by atoms with Gasteiger partial charge in [0.15, 0.2) is 0 Å². The fourth-order valence-corrected chi connectivity index (χ4v) is 4.47. The second-order valence-electron chi connectivity index (χ2n) is 9.43. The third-order valence-corrected chi connectivity index (χ3v) is 6.81. The van der Waals surface area contributed by atoms with Gasteiger partial charge < -0.3 is 15.0 Å². The minimum atomic E-state index is -0.578. The molecule has 0 bridgehead atoms. The van der Waals surface area contributed by atoms with E-state index in [1.165, 1.54) is 64.9 Å². The first-order valence-electron chi connectivity index (χ1n) is 13.1. The predicted octanol–water partition coefficient (Wildman–Crippen LogP) is 5.38. The number of rotatable bonds is 17. The van der Waals surface area contributed by atoms with Crippen molar-refractivity contribution in [2.75, 3.05) is 13.7 Å². The molecule has 1 aliphatic rings. The smallest absolute Gasteiger partial charge is 0.328 e. The Morgan fingerprint density at radius 1 is 0.938 bits per heavy atom. The lowest BCUT2D eigenvalue weighted by Gasteiger charge is -2.30. The van der Waals surface area contributed by atoms with Crippen LogP contribution in [0.5, 0.6) is 0 Å². The Hall–Kier alpha value is -1.59. The number of hydrogen-bond donors (Lipinski definition) is 1. The molecule has 0 saturated carbocycles. The average molecular weight is 453 g/mol. The molecule has 1 rings (SSSR count). The van der Waals surface area contributed by atoms with E-state index in [0.717, 1.165) is 25.7 Å². The minimum Gasteiger partial charge on any atom is -0.467 e. The van der Waals surface area contributed by atoms with Gasteiger partial charge in [-0.2, -0.15) is 0 Å². The maximum Gasteiger partial charge on any atom is 0.328 e. The van der Waals surface area contributed by atoms with E-state index in [1.807, 2.05) is 13.8 Å². The Bertz CT molecular complexity index is 552. The second-order valence-corrected chi connectivity index (χ2v) is 9.43. The van der Waals surface area contributed by atoms with Gasteiger partial charge in [0.25, 0.3) is 0 Å². The highest BCUT2D eigenvalue weighted by Gasteiger charge is 2.39. The van der Waals surface area contributed by atoms with Gasteiger partial charge in [-0.25, -0.2) is 4.79 Å². The molecule has 2 amide bonds. The molecule has 6 nitrogen and oxygen atoms in total. The van der Waals surface area contributed by atoms with E-state index in [0.29, 0.717) is 19.4 Å². The summed E-state index contributed by atoms with van der Waals surface area (Å²) in [4.78, 5) is 39.4. The molecular formula is C26H48N2O4. The predicted molar refractivity (Wildman–Crippen MR) is 129 cm³/mol. The monoisotopic (exact) mass is 452 g/mol. The van der Waals surface area contributed by atoms with E-state index < -0.39 is 12.1 Å². The summed E-state index contributed by atoms with van der Waals surface area (Å²) in [6.45, 7) is 6.79. The van der Waals surface area contributed by atoms with Gasteiger partial charge in [0.2, 0.25) is 11.8 Å². The summed E-state index contributed by atoms with van der Waals surface area (Å²) in [7, 11) is 1.35. The van der Waals surface area contributed by atoms with Gasteiger partial charge in [-0.15, -0.1) is 0 Å². The molecule has 32 heavy (non-hydrogen) atoms. The van der Waals surface area contributed by atoms with Crippen LogP contribution >= 0.6 is 0 Å². The van der Waals surface area contributed by atoms with Crippen LogP contribution in [0.15, 0.2) is 0 Å². The van der Waals surface area contributed by atoms with Crippen LogP contribution in [0.1, 0.15) is 117 Å². The lowest BCUT2D eigenvalue weighted by atomic mass is 9.97. The maximum atomic E-state index is 13.2. The zero-order valence-corrected chi connectivity index (χ0v) is 21.1. The molecule has 0 unspecified atom stereocenters. The quantitative estimate of drug-likeness (QED) is 0.237. The summed E-state index contributed by atoms with van der Waals surface area (Å²) in [5, 5.41) is 2.98. The summed E-state index contributed by atoms with van der Waals surface area (Å²) < 4.78 is 4.86. The van der Waals surface area contributed by atoms with Crippen LogP contribution in [0.2, 0.25) is 0 Å². The average Bonchev–Trinajstić information content (AvgIpc) is 3.29. The van der Waals surface area contributed by atoms with Gasteiger partial charge in [-0.3, -0.25) is 9.59 Å². The third-order valence-electron chi connectivity index (χ3n) is 6.81. The van der Waals surface area contributed by atoms with Gasteiger partial charge >= 0.3 is 5.97 Å². The van der Waals surface area contributed by atoms with E-state index >= 15 is 0 Å². The van der Waals surface area contributed by atoms with Crippen molar-refractivity contribution in [1.82, 2.24) is 10.2 Å². The first-order valence-corrected chi connectivity index (χ1v) is 13.1. The van der Waals surface area contributed by atoms with Crippen LogP contribution in [0.4, 0.5) is 0 Å². The lowest BCUT2D eigenvalue weighted by Crippen LogP contribution is -2.54. The Balaban J connectivity index is 2.34. The Kier molecular flexibility index (Phi) is 15.1. The number of hydrogen-bond acceptors (Lipinski definition) is 4. The largest absolute Gasteiger partial charge is 0.467 e. The van der Waals surface area contributed by atoms with E-state index in [-0.39, 0.29) is 23.7 Å². The van der Waals surface area contributed by atoms with Gasteiger partial charge in [0.1, 0.15) is 12.1 Å². The molecule has 0 aromatic heterocycles. The number of nitrogens with one attached hydrogen (secondary N) is 1. The third kappa shape index (κ3) is 10.4. The fourth-order valence-electron chi connectivity index (χ4n) is 4.47. The van der Waals surface area contributed by atoms with Crippen molar-refractivity contribution < 1.29 is 19.1 Å². The molecule has 1 N–H and O–H groups in total. The molecule has 0 aromatic rings. The number of carbonyl (C=O) groups excluding carboxylic acids is 3. The molecule has 1 aliphatic heterocycles. The fraction of sp³-hybridized carbons (Fsp3) is 0.885.